The van der Waals surface area contributed by atoms with Gasteiger partial charge in [0, 0.05) is 17.3 Å². The summed E-state index contributed by atoms with van der Waals surface area (Å²) in [4.78, 5) is 20.7. The van der Waals surface area contributed by atoms with Gasteiger partial charge in [0.2, 0.25) is 0 Å². The van der Waals surface area contributed by atoms with Crippen molar-refractivity contribution in [1.82, 2.24) is 9.97 Å². The van der Waals surface area contributed by atoms with Crippen molar-refractivity contribution >= 4 is 40.3 Å². The van der Waals surface area contributed by atoms with E-state index in [1.165, 1.54) is 18.5 Å². The number of hydrogen-bond donors (Lipinski definition) is 2. The molecule has 0 fully saturated rings. The fourth-order valence-electron chi connectivity index (χ4n) is 3.24. The highest BCUT2D eigenvalue weighted by Crippen LogP contribution is 2.31. The molecule has 3 aromatic carbocycles. The maximum Gasteiger partial charge on any atom is 0.416 e. The molecule has 1 heterocycles. The van der Waals surface area contributed by atoms with Gasteiger partial charge in [-0.25, -0.2) is 9.97 Å². The first kappa shape index (κ1) is 21.0. The lowest BCUT2D eigenvalue weighted by atomic mass is 10.0. The number of amides is 1. The lowest BCUT2D eigenvalue weighted by Crippen LogP contribution is -2.13. The second-order valence-electron chi connectivity index (χ2n) is 7.02. The molecule has 0 aliphatic heterocycles. The van der Waals surface area contributed by atoms with Gasteiger partial charge >= 0.3 is 6.18 Å². The van der Waals surface area contributed by atoms with E-state index in [1.807, 2.05) is 24.3 Å². The third-order valence-electron chi connectivity index (χ3n) is 4.75. The van der Waals surface area contributed by atoms with E-state index in [-0.39, 0.29) is 5.69 Å². The van der Waals surface area contributed by atoms with Crippen LogP contribution in [-0.2, 0) is 6.18 Å². The van der Waals surface area contributed by atoms with Gasteiger partial charge in [-0.1, -0.05) is 36.4 Å². The Morgan fingerprint density at radius 2 is 1.75 bits per heavy atom. The number of nitrogen functional groups attached to an aromatic ring is 1. The number of halogens is 3. The highest BCUT2D eigenvalue weighted by Gasteiger charge is 2.30. The average Bonchev–Trinajstić information content (AvgIpc) is 2.77. The fourth-order valence-corrected chi connectivity index (χ4v) is 3.24. The van der Waals surface area contributed by atoms with Crippen LogP contribution in [0.3, 0.4) is 0 Å². The largest absolute Gasteiger partial charge is 0.416 e. The molecule has 0 saturated heterocycles. The summed E-state index contributed by atoms with van der Waals surface area (Å²) in [5.41, 5.74) is 6.80. The van der Waals surface area contributed by atoms with Crippen LogP contribution >= 0.6 is 0 Å². The monoisotopic (exact) mass is 434 g/mol. The number of nitrogens with two attached hydrogens (primary N) is 1. The SMILES string of the molecule is Nc1cc(/C=C/c2ccc3c(C(=O)Nc4cccc(C(F)(F)F)c4)cccc3c2)ncn1. The van der Waals surface area contributed by atoms with Crippen LogP contribution in [0.25, 0.3) is 22.9 Å². The van der Waals surface area contributed by atoms with Crippen molar-refractivity contribution in [3.8, 4) is 0 Å². The molecule has 0 unspecified atom stereocenters. The summed E-state index contributed by atoms with van der Waals surface area (Å²) in [5.74, 6) is -0.121. The van der Waals surface area contributed by atoms with Crippen molar-refractivity contribution in [2.24, 2.45) is 0 Å². The first-order valence-electron chi connectivity index (χ1n) is 9.56. The van der Waals surface area contributed by atoms with Crippen LogP contribution in [0.5, 0.6) is 0 Å². The fraction of sp³-hybridized carbons (Fsp3) is 0.0417. The summed E-state index contributed by atoms with van der Waals surface area (Å²) in [5, 5.41) is 4.04. The molecule has 8 heteroatoms. The van der Waals surface area contributed by atoms with Gasteiger partial charge in [-0.15, -0.1) is 0 Å². The Hall–Kier alpha value is -4.20. The zero-order chi connectivity index (χ0) is 22.7. The number of hydrogen-bond acceptors (Lipinski definition) is 4. The molecule has 0 spiro atoms. The molecule has 0 radical (unpaired) electrons. The van der Waals surface area contributed by atoms with Crippen LogP contribution in [0.15, 0.2) is 73.1 Å². The van der Waals surface area contributed by atoms with Gasteiger partial charge in [-0.2, -0.15) is 13.2 Å². The van der Waals surface area contributed by atoms with Crippen molar-refractivity contribution < 1.29 is 18.0 Å². The second-order valence-corrected chi connectivity index (χ2v) is 7.02. The molecule has 0 atom stereocenters. The number of carbonyl (C=O) groups excluding carboxylic acids is 1. The molecule has 0 aliphatic rings. The molecular weight excluding hydrogens is 417 g/mol. The van der Waals surface area contributed by atoms with E-state index < -0.39 is 17.6 Å². The number of carbonyl (C=O) groups is 1. The molecule has 4 aromatic rings. The quantitative estimate of drug-likeness (QED) is 0.435. The molecule has 5 nitrogen and oxygen atoms in total. The molecule has 4 rings (SSSR count). The molecule has 0 saturated carbocycles. The Kier molecular flexibility index (Phi) is 5.59. The number of nitrogens with one attached hydrogen (secondary N) is 1. The molecule has 1 amide bonds. The Balaban J connectivity index is 1.59. The number of fused-ring (bicyclic) bond motifs is 1. The van der Waals surface area contributed by atoms with Crippen molar-refractivity contribution in [3.63, 3.8) is 0 Å². The summed E-state index contributed by atoms with van der Waals surface area (Å²) >= 11 is 0. The normalized spacial score (nSPS) is 11.7. The Morgan fingerprint density at radius 1 is 0.938 bits per heavy atom. The van der Waals surface area contributed by atoms with Crippen molar-refractivity contribution in [3.05, 3.63) is 95.4 Å². The highest BCUT2D eigenvalue weighted by molar-refractivity contribution is 6.13. The van der Waals surface area contributed by atoms with E-state index in [0.29, 0.717) is 22.5 Å². The number of aromatic nitrogens is 2. The van der Waals surface area contributed by atoms with Gasteiger partial charge < -0.3 is 11.1 Å². The number of alkyl halides is 3. The molecular formula is C24H17F3N4O. The Bertz CT molecular complexity index is 1330. The lowest BCUT2D eigenvalue weighted by molar-refractivity contribution is -0.137. The third kappa shape index (κ3) is 4.75. The van der Waals surface area contributed by atoms with Crippen LogP contribution in [0.1, 0.15) is 27.2 Å². The predicted molar refractivity (Wildman–Crippen MR) is 119 cm³/mol. The zero-order valence-corrected chi connectivity index (χ0v) is 16.6. The van der Waals surface area contributed by atoms with Crippen LogP contribution < -0.4 is 11.1 Å². The van der Waals surface area contributed by atoms with Gasteiger partial charge in [0.1, 0.15) is 12.1 Å². The number of rotatable bonds is 4. The smallest absolute Gasteiger partial charge is 0.384 e. The van der Waals surface area contributed by atoms with Crippen LogP contribution in [-0.4, -0.2) is 15.9 Å². The maximum atomic E-state index is 12.9. The van der Waals surface area contributed by atoms with Crippen molar-refractivity contribution in [2.45, 2.75) is 6.18 Å². The van der Waals surface area contributed by atoms with E-state index in [2.05, 4.69) is 15.3 Å². The highest BCUT2D eigenvalue weighted by atomic mass is 19.4. The van der Waals surface area contributed by atoms with Crippen LogP contribution in [0, 0.1) is 0 Å². The van der Waals surface area contributed by atoms with Gasteiger partial charge in [0.05, 0.1) is 11.3 Å². The Labute approximate surface area is 181 Å². The van der Waals surface area contributed by atoms with Crippen LogP contribution in [0.2, 0.25) is 0 Å². The minimum atomic E-state index is -4.48. The van der Waals surface area contributed by atoms with Crippen molar-refractivity contribution in [1.29, 1.82) is 0 Å². The predicted octanol–water partition coefficient (Wildman–Crippen LogP) is 5.65. The standard InChI is InChI=1S/C24H17F3N4O/c25-24(26,27)17-4-2-5-19(12-17)31-23(32)21-6-1-3-16-11-15(8-10-20(16)21)7-9-18-13-22(28)30-14-29-18/h1-14H,(H,31,32)(H2,28,29,30)/b9-7+. The third-order valence-corrected chi connectivity index (χ3v) is 4.75. The molecule has 3 N–H and O–H groups in total. The maximum absolute atomic E-state index is 12.9. The molecule has 160 valence electrons. The molecule has 0 bridgehead atoms. The minimum absolute atomic E-state index is 0.0745. The second kappa shape index (κ2) is 8.50. The number of nitrogens with zero attached hydrogens (tertiary/aromatic N) is 2. The zero-order valence-electron chi connectivity index (χ0n) is 16.6. The lowest BCUT2D eigenvalue weighted by Gasteiger charge is -2.11. The van der Waals surface area contributed by atoms with E-state index in [0.717, 1.165) is 23.1 Å². The summed E-state index contributed by atoms with van der Waals surface area (Å²) in [6.45, 7) is 0. The first-order chi connectivity index (χ1) is 15.3. The average molecular weight is 434 g/mol. The Morgan fingerprint density at radius 3 is 2.53 bits per heavy atom. The molecule has 0 aliphatic carbocycles. The van der Waals surface area contributed by atoms with Gasteiger partial charge in [0.15, 0.2) is 0 Å². The summed E-state index contributed by atoms with van der Waals surface area (Å²) in [6, 6.07) is 16.9. The van der Waals surface area contributed by atoms with Gasteiger partial charge in [0.25, 0.3) is 5.91 Å². The van der Waals surface area contributed by atoms with E-state index in [4.69, 9.17) is 5.73 Å². The molecule has 32 heavy (non-hydrogen) atoms. The molecule has 1 aromatic heterocycles. The number of benzene rings is 3. The van der Waals surface area contributed by atoms with Crippen molar-refractivity contribution in [2.75, 3.05) is 11.1 Å². The summed E-state index contributed by atoms with van der Waals surface area (Å²) < 4.78 is 38.8. The number of anilines is 2. The minimum Gasteiger partial charge on any atom is -0.384 e. The van der Waals surface area contributed by atoms with E-state index in [1.54, 1.807) is 30.3 Å². The van der Waals surface area contributed by atoms with Gasteiger partial charge in [-0.05, 0) is 52.7 Å². The summed E-state index contributed by atoms with van der Waals surface area (Å²) in [6.07, 6.45) is 0.548. The van der Waals surface area contributed by atoms with Crippen LogP contribution in [0.4, 0.5) is 24.7 Å². The first-order valence-corrected chi connectivity index (χ1v) is 9.56. The van der Waals surface area contributed by atoms with Gasteiger partial charge in [-0.3, -0.25) is 4.79 Å². The topological polar surface area (TPSA) is 80.9 Å². The summed E-state index contributed by atoms with van der Waals surface area (Å²) in [7, 11) is 0. The van der Waals surface area contributed by atoms with E-state index >= 15 is 0 Å². The van der Waals surface area contributed by atoms with E-state index in [9.17, 15) is 18.0 Å².